The van der Waals surface area contributed by atoms with Crippen LogP contribution >= 0.6 is 46.9 Å². The fourth-order valence-electron chi connectivity index (χ4n) is 1.78. The molecule has 0 fully saturated rings. The van der Waals surface area contributed by atoms with Crippen molar-refractivity contribution in [2.75, 3.05) is 5.32 Å². The van der Waals surface area contributed by atoms with Gasteiger partial charge in [-0.05, 0) is 30.7 Å². The number of halogens is 3. The number of anilines is 1. The highest BCUT2D eigenvalue weighted by atomic mass is 35.5. The number of carbonyl (C=O) groups excluding carboxylic acids is 1. The highest BCUT2D eigenvalue weighted by molar-refractivity contribution is 7.15. The van der Waals surface area contributed by atoms with Crippen molar-refractivity contribution in [3.63, 3.8) is 0 Å². The lowest BCUT2D eigenvalue weighted by Gasteiger charge is -2.04. The lowest BCUT2D eigenvalue weighted by molar-refractivity contribution is -0.116. The highest BCUT2D eigenvalue weighted by Crippen LogP contribution is 2.26. The van der Waals surface area contributed by atoms with E-state index in [0.717, 1.165) is 10.4 Å². The zero-order chi connectivity index (χ0) is 15.4. The molecule has 22 heavy (non-hydrogen) atoms. The molecule has 1 atom stereocenters. The summed E-state index contributed by atoms with van der Waals surface area (Å²) in [5, 5.41) is 4.60. The van der Waals surface area contributed by atoms with Crippen molar-refractivity contribution < 1.29 is 4.79 Å². The number of aromatic nitrogens is 1. The first-order chi connectivity index (χ1) is 9.94. The smallest absolute Gasteiger partial charge is 0.227 e. The third kappa shape index (κ3) is 5.74. The molecule has 1 aromatic carbocycles. The van der Waals surface area contributed by atoms with Crippen molar-refractivity contribution in [2.24, 2.45) is 5.73 Å². The number of nitrogens with one attached hydrogen (secondary N) is 1. The van der Waals surface area contributed by atoms with E-state index in [1.807, 2.05) is 6.07 Å². The Morgan fingerprint density at radius 1 is 1.45 bits per heavy atom. The Morgan fingerprint density at radius 3 is 2.86 bits per heavy atom. The SMILES string of the molecule is CC(N)CC(=O)Nc1ncc(Cc2cc(Cl)ccc2Cl)s1.Cl. The Hall–Kier alpha value is -0.850. The first-order valence-corrected chi connectivity index (χ1v) is 7.95. The quantitative estimate of drug-likeness (QED) is 0.819. The van der Waals surface area contributed by atoms with Gasteiger partial charge >= 0.3 is 0 Å². The van der Waals surface area contributed by atoms with E-state index >= 15 is 0 Å². The van der Waals surface area contributed by atoms with E-state index in [2.05, 4.69) is 10.3 Å². The molecular weight excluding hydrogens is 365 g/mol. The van der Waals surface area contributed by atoms with Gasteiger partial charge in [0.15, 0.2) is 5.13 Å². The van der Waals surface area contributed by atoms with Crippen LogP contribution in [-0.2, 0) is 11.2 Å². The summed E-state index contributed by atoms with van der Waals surface area (Å²) in [5.41, 5.74) is 6.51. The molecule has 0 bridgehead atoms. The lowest BCUT2D eigenvalue weighted by Crippen LogP contribution is -2.23. The molecule has 120 valence electrons. The average Bonchev–Trinajstić information content (AvgIpc) is 2.80. The topological polar surface area (TPSA) is 68.0 Å². The van der Waals surface area contributed by atoms with E-state index in [1.165, 1.54) is 11.3 Å². The monoisotopic (exact) mass is 379 g/mol. The van der Waals surface area contributed by atoms with Crippen LogP contribution in [0.3, 0.4) is 0 Å². The van der Waals surface area contributed by atoms with Crippen LogP contribution in [0.2, 0.25) is 10.0 Å². The predicted molar refractivity (Wildman–Crippen MR) is 95.5 cm³/mol. The van der Waals surface area contributed by atoms with Crippen molar-refractivity contribution in [1.82, 2.24) is 4.98 Å². The van der Waals surface area contributed by atoms with E-state index in [4.69, 9.17) is 28.9 Å². The van der Waals surface area contributed by atoms with Gasteiger partial charge in [0, 0.05) is 40.0 Å². The van der Waals surface area contributed by atoms with Crippen LogP contribution in [0.5, 0.6) is 0 Å². The fraction of sp³-hybridized carbons (Fsp3) is 0.286. The molecular formula is C14H16Cl3N3OS. The molecule has 1 aromatic heterocycles. The second kappa shape index (κ2) is 8.70. The van der Waals surface area contributed by atoms with E-state index in [1.54, 1.807) is 25.3 Å². The van der Waals surface area contributed by atoms with Gasteiger partial charge in [0.2, 0.25) is 5.91 Å². The van der Waals surface area contributed by atoms with Gasteiger partial charge in [0.1, 0.15) is 0 Å². The minimum absolute atomic E-state index is 0. The van der Waals surface area contributed by atoms with Gasteiger partial charge in [-0.1, -0.05) is 23.2 Å². The maximum absolute atomic E-state index is 11.6. The van der Waals surface area contributed by atoms with Gasteiger partial charge in [-0.2, -0.15) is 0 Å². The number of hydrogen-bond acceptors (Lipinski definition) is 4. The largest absolute Gasteiger partial charge is 0.327 e. The number of thiazole rings is 1. The van der Waals surface area contributed by atoms with E-state index in [9.17, 15) is 4.79 Å². The molecule has 1 heterocycles. The summed E-state index contributed by atoms with van der Waals surface area (Å²) in [7, 11) is 0. The number of benzene rings is 1. The fourth-order valence-corrected chi connectivity index (χ4v) is 3.01. The number of hydrogen-bond donors (Lipinski definition) is 2. The zero-order valence-corrected chi connectivity index (χ0v) is 15.0. The summed E-state index contributed by atoms with van der Waals surface area (Å²) < 4.78 is 0. The summed E-state index contributed by atoms with van der Waals surface area (Å²) in [6.07, 6.45) is 2.62. The summed E-state index contributed by atoms with van der Waals surface area (Å²) in [5.74, 6) is -0.133. The van der Waals surface area contributed by atoms with Crippen molar-refractivity contribution in [1.29, 1.82) is 0 Å². The average molecular weight is 381 g/mol. The molecule has 0 saturated carbocycles. The second-order valence-electron chi connectivity index (χ2n) is 4.77. The van der Waals surface area contributed by atoms with Crippen molar-refractivity contribution in [3.05, 3.63) is 44.9 Å². The molecule has 0 saturated heterocycles. The van der Waals surface area contributed by atoms with Gasteiger partial charge in [0.05, 0.1) is 0 Å². The number of amides is 1. The molecule has 4 nitrogen and oxygen atoms in total. The Balaban J connectivity index is 0.00000242. The molecule has 1 unspecified atom stereocenters. The van der Waals surface area contributed by atoms with Gasteiger partial charge in [0.25, 0.3) is 0 Å². The first kappa shape index (κ1) is 19.2. The summed E-state index contributed by atoms with van der Waals surface area (Å²) in [6, 6.07) is 5.18. The van der Waals surface area contributed by atoms with Crippen LogP contribution < -0.4 is 11.1 Å². The Kier molecular flexibility index (Phi) is 7.59. The summed E-state index contributed by atoms with van der Waals surface area (Å²) in [6.45, 7) is 1.79. The molecule has 0 aliphatic carbocycles. The Bertz CT molecular complexity index is 646. The Labute approximate surface area is 149 Å². The number of nitrogens with zero attached hydrogens (tertiary/aromatic N) is 1. The number of rotatable bonds is 5. The van der Waals surface area contributed by atoms with Crippen LogP contribution in [0.4, 0.5) is 5.13 Å². The summed E-state index contributed by atoms with van der Waals surface area (Å²) >= 11 is 13.5. The minimum atomic E-state index is -0.172. The van der Waals surface area contributed by atoms with Crippen LogP contribution in [0.15, 0.2) is 24.4 Å². The number of nitrogens with two attached hydrogens (primary N) is 1. The molecule has 0 aliphatic rings. The maximum Gasteiger partial charge on any atom is 0.227 e. The molecule has 2 rings (SSSR count). The standard InChI is InChI=1S/C14H15Cl2N3OS.ClH/c1-8(17)4-13(20)19-14-18-7-11(21-14)6-9-5-10(15)2-3-12(9)16;/h2-3,5,7-8H,4,6,17H2,1H3,(H,18,19,20);1H. The van der Waals surface area contributed by atoms with Crippen molar-refractivity contribution in [3.8, 4) is 0 Å². The lowest BCUT2D eigenvalue weighted by atomic mass is 10.1. The highest BCUT2D eigenvalue weighted by Gasteiger charge is 2.10. The van der Waals surface area contributed by atoms with Gasteiger partial charge < -0.3 is 11.1 Å². The van der Waals surface area contributed by atoms with Crippen LogP contribution in [0, 0.1) is 0 Å². The molecule has 3 N–H and O–H groups in total. The third-order valence-electron chi connectivity index (χ3n) is 2.68. The maximum atomic E-state index is 11.6. The van der Waals surface area contributed by atoms with Crippen molar-refractivity contribution in [2.45, 2.75) is 25.8 Å². The minimum Gasteiger partial charge on any atom is -0.327 e. The third-order valence-corrected chi connectivity index (χ3v) is 4.20. The van der Waals surface area contributed by atoms with Gasteiger partial charge in [-0.3, -0.25) is 4.79 Å². The molecule has 0 spiro atoms. The van der Waals surface area contributed by atoms with E-state index in [-0.39, 0.29) is 30.8 Å². The predicted octanol–water partition coefficient (Wildman–Crippen LogP) is 4.14. The molecule has 0 aliphatic heterocycles. The van der Waals surface area contributed by atoms with Crippen molar-refractivity contribution >= 4 is 58.0 Å². The van der Waals surface area contributed by atoms with Gasteiger partial charge in [-0.25, -0.2) is 4.98 Å². The van der Waals surface area contributed by atoms with E-state index < -0.39 is 0 Å². The number of carbonyl (C=O) groups is 1. The van der Waals surface area contributed by atoms with Gasteiger partial charge in [-0.15, -0.1) is 23.7 Å². The Morgan fingerprint density at radius 2 is 2.18 bits per heavy atom. The zero-order valence-electron chi connectivity index (χ0n) is 11.8. The van der Waals surface area contributed by atoms with Crippen LogP contribution in [-0.4, -0.2) is 16.9 Å². The van der Waals surface area contributed by atoms with E-state index in [0.29, 0.717) is 21.6 Å². The van der Waals surface area contributed by atoms with Crippen LogP contribution in [0.25, 0.3) is 0 Å². The summed E-state index contributed by atoms with van der Waals surface area (Å²) in [4.78, 5) is 16.8. The molecule has 1 amide bonds. The first-order valence-electron chi connectivity index (χ1n) is 6.38. The molecule has 0 radical (unpaired) electrons. The molecule has 2 aromatic rings. The molecule has 8 heteroatoms. The normalized spacial score (nSPS) is 11.6. The second-order valence-corrected chi connectivity index (χ2v) is 6.73. The van der Waals surface area contributed by atoms with Crippen LogP contribution in [0.1, 0.15) is 23.8 Å².